The van der Waals surface area contributed by atoms with Gasteiger partial charge in [0.05, 0.1) is 25.5 Å². The Morgan fingerprint density at radius 2 is 1.81 bits per heavy atom. The lowest BCUT2D eigenvalue weighted by molar-refractivity contribution is -0.136. The van der Waals surface area contributed by atoms with Crippen LogP contribution in [0.25, 0.3) is 5.70 Å². The second-order valence-corrected chi connectivity index (χ2v) is 7.99. The second kappa shape index (κ2) is 9.91. The van der Waals surface area contributed by atoms with Gasteiger partial charge >= 0.3 is 5.97 Å². The summed E-state index contributed by atoms with van der Waals surface area (Å²) in [6.07, 6.45) is 1.42. The van der Waals surface area contributed by atoms with E-state index >= 15 is 0 Å². The van der Waals surface area contributed by atoms with Gasteiger partial charge in [0.25, 0.3) is 0 Å². The Morgan fingerprint density at radius 3 is 2.56 bits per heavy atom. The van der Waals surface area contributed by atoms with Crippen LogP contribution in [0.1, 0.15) is 22.7 Å². The molecule has 4 aromatic rings. The first-order valence-electron chi connectivity index (χ1n) is 11.2. The molecule has 1 aliphatic rings. The maximum absolute atomic E-state index is 14.0. The minimum absolute atomic E-state index is 0.0361. The van der Waals surface area contributed by atoms with Gasteiger partial charge in [-0.25, -0.2) is 13.9 Å². The fraction of sp³-hybridized carbons (Fsp3) is 0.148. The number of benzene rings is 3. The van der Waals surface area contributed by atoms with Crippen LogP contribution < -0.4 is 14.8 Å². The number of methoxy groups -OCH3 is 2. The third kappa shape index (κ3) is 4.26. The first-order valence-corrected chi connectivity index (χ1v) is 11.2. The SMILES string of the molecule is COC(=O)C1=C(c2ccccc2)Nc2ncnn2C1c1ccc(OCc2ccccc2F)c(OC)c1. The number of nitrogens with zero attached hydrogens (tertiary/aromatic N) is 3. The monoisotopic (exact) mass is 486 g/mol. The predicted octanol–water partition coefficient (Wildman–Crippen LogP) is 4.60. The zero-order valence-electron chi connectivity index (χ0n) is 19.6. The van der Waals surface area contributed by atoms with Crippen molar-refractivity contribution in [1.29, 1.82) is 0 Å². The van der Waals surface area contributed by atoms with Crippen molar-refractivity contribution < 1.29 is 23.4 Å². The van der Waals surface area contributed by atoms with Crippen LogP contribution >= 0.6 is 0 Å². The maximum Gasteiger partial charge on any atom is 0.338 e. The topological polar surface area (TPSA) is 87.5 Å². The molecule has 1 unspecified atom stereocenters. The van der Waals surface area contributed by atoms with E-state index in [0.717, 1.165) is 5.56 Å². The number of hydrogen-bond acceptors (Lipinski definition) is 7. The van der Waals surface area contributed by atoms with Gasteiger partial charge in [0.15, 0.2) is 11.5 Å². The minimum atomic E-state index is -0.652. The van der Waals surface area contributed by atoms with Crippen LogP contribution in [0.2, 0.25) is 0 Å². The molecule has 1 atom stereocenters. The Balaban J connectivity index is 1.58. The number of esters is 1. The molecule has 1 aromatic heterocycles. The summed E-state index contributed by atoms with van der Waals surface area (Å²) in [6.45, 7) is 0.0361. The standard InChI is InChI=1S/C27H23FN4O4/c1-34-22-14-18(12-13-21(22)36-15-19-10-6-7-11-20(19)28)25-23(26(33)35-2)24(17-8-4-3-5-9-17)31-27-29-16-30-32(25)27/h3-14,16,25H,15H2,1-2H3,(H,29,30,31). The molecule has 36 heavy (non-hydrogen) atoms. The summed E-state index contributed by atoms with van der Waals surface area (Å²) in [5.41, 5.74) is 2.87. The highest BCUT2D eigenvalue weighted by atomic mass is 19.1. The highest BCUT2D eigenvalue weighted by Gasteiger charge is 2.36. The zero-order chi connectivity index (χ0) is 25.1. The lowest BCUT2D eigenvalue weighted by Crippen LogP contribution is -2.29. The molecule has 0 amide bonds. The Kier molecular flexibility index (Phi) is 6.36. The number of rotatable bonds is 7. The smallest absolute Gasteiger partial charge is 0.338 e. The molecule has 1 N–H and O–H groups in total. The Morgan fingerprint density at radius 1 is 1.03 bits per heavy atom. The van der Waals surface area contributed by atoms with Crippen LogP contribution in [0.5, 0.6) is 11.5 Å². The van der Waals surface area contributed by atoms with Crippen molar-refractivity contribution in [1.82, 2.24) is 14.8 Å². The average Bonchev–Trinajstić information content (AvgIpc) is 3.40. The molecule has 5 rings (SSSR count). The Hall–Kier alpha value is -4.66. The van der Waals surface area contributed by atoms with Crippen LogP contribution in [-0.2, 0) is 16.1 Å². The van der Waals surface area contributed by atoms with E-state index in [-0.39, 0.29) is 12.4 Å². The van der Waals surface area contributed by atoms with Crippen LogP contribution in [-0.4, -0.2) is 35.0 Å². The molecule has 3 aromatic carbocycles. The van der Waals surface area contributed by atoms with Crippen molar-refractivity contribution in [2.24, 2.45) is 0 Å². The summed E-state index contributed by atoms with van der Waals surface area (Å²) in [6, 6.07) is 20.5. The molecule has 8 nitrogen and oxygen atoms in total. The van der Waals surface area contributed by atoms with E-state index in [1.807, 2.05) is 36.4 Å². The van der Waals surface area contributed by atoms with Gasteiger partial charge in [-0.2, -0.15) is 10.1 Å². The third-order valence-corrected chi connectivity index (χ3v) is 5.91. The van der Waals surface area contributed by atoms with Gasteiger partial charge in [-0.05, 0) is 29.3 Å². The number of carbonyl (C=O) groups is 1. The number of ether oxygens (including phenoxy) is 3. The summed E-state index contributed by atoms with van der Waals surface area (Å²) < 4.78 is 32.3. The molecule has 0 saturated carbocycles. The number of hydrogen-bond donors (Lipinski definition) is 1. The van der Waals surface area contributed by atoms with Crippen molar-refractivity contribution in [3.05, 3.63) is 107 Å². The highest BCUT2D eigenvalue weighted by Crippen LogP contribution is 2.41. The Labute approximate surface area is 207 Å². The summed E-state index contributed by atoms with van der Waals surface area (Å²) >= 11 is 0. The minimum Gasteiger partial charge on any atom is -0.493 e. The molecule has 0 aliphatic carbocycles. The largest absolute Gasteiger partial charge is 0.493 e. The highest BCUT2D eigenvalue weighted by molar-refractivity contribution is 6.02. The summed E-state index contributed by atoms with van der Waals surface area (Å²) in [4.78, 5) is 17.4. The normalized spacial score (nSPS) is 14.6. The second-order valence-electron chi connectivity index (χ2n) is 7.99. The number of halogens is 1. The molecule has 0 fully saturated rings. The zero-order valence-corrected chi connectivity index (χ0v) is 19.6. The first kappa shape index (κ1) is 23.1. The van der Waals surface area contributed by atoms with Gasteiger partial charge in [0.2, 0.25) is 5.95 Å². The quantitative estimate of drug-likeness (QED) is 0.382. The number of aromatic nitrogens is 3. The third-order valence-electron chi connectivity index (χ3n) is 5.91. The van der Waals surface area contributed by atoms with E-state index in [0.29, 0.717) is 39.8 Å². The van der Waals surface area contributed by atoms with Gasteiger partial charge in [0, 0.05) is 5.56 Å². The lowest BCUT2D eigenvalue weighted by atomic mass is 9.92. The van der Waals surface area contributed by atoms with Gasteiger partial charge in [-0.1, -0.05) is 54.6 Å². The van der Waals surface area contributed by atoms with Crippen LogP contribution in [0.15, 0.2) is 84.7 Å². The number of carbonyl (C=O) groups excluding carboxylic acids is 1. The van der Waals surface area contributed by atoms with Crippen molar-refractivity contribution in [3.8, 4) is 11.5 Å². The lowest BCUT2D eigenvalue weighted by Gasteiger charge is -2.29. The van der Waals surface area contributed by atoms with Crippen molar-refractivity contribution in [2.75, 3.05) is 19.5 Å². The molecular weight excluding hydrogens is 463 g/mol. The van der Waals surface area contributed by atoms with E-state index < -0.39 is 12.0 Å². The molecule has 2 heterocycles. The van der Waals surface area contributed by atoms with Crippen molar-refractivity contribution in [2.45, 2.75) is 12.6 Å². The van der Waals surface area contributed by atoms with Gasteiger partial charge in [-0.15, -0.1) is 0 Å². The molecule has 0 bridgehead atoms. The summed E-state index contributed by atoms with van der Waals surface area (Å²) in [5.74, 6) is 0.484. The fourth-order valence-electron chi connectivity index (χ4n) is 4.18. The Bertz CT molecular complexity index is 1430. The molecule has 0 spiro atoms. The van der Waals surface area contributed by atoms with Gasteiger partial charge in [0.1, 0.15) is 24.8 Å². The van der Waals surface area contributed by atoms with Crippen LogP contribution in [0.3, 0.4) is 0 Å². The number of fused-ring (bicyclic) bond motifs is 1. The summed E-state index contributed by atoms with van der Waals surface area (Å²) in [7, 11) is 2.86. The first-order chi connectivity index (χ1) is 17.6. The summed E-state index contributed by atoms with van der Waals surface area (Å²) in [5, 5.41) is 7.58. The average molecular weight is 487 g/mol. The molecule has 1 aliphatic heterocycles. The van der Waals surface area contributed by atoms with Crippen molar-refractivity contribution in [3.63, 3.8) is 0 Å². The number of nitrogens with one attached hydrogen (secondary N) is 1. The fourth-order valence-corrected chi connectivity index (χ4v) is 4.18. The van der Waals surface area contributed by atoms with Crippen molar-refractivity contribution >= 4 is 17.6 Å². The number of anilines is 1. The maximum atomic E-state index is 14.0. The van der Waals surface area contributed by atoms with Gasteiger partial charge < -0.3 is 19.5 Å². The van der Waals surface area contributed by atoms with E-state index in [2.05, 4.69) is 15.4 Å². The molecule has 9 heteroatoms. The van der Waals surface area contributed by atoms with Gasteiger partial charge in [-0.3, -0.25) is 0 Å². The molecule has 182 valence electrons. The van der Waals surface area contributed by atoms with E-state index in [9.17, 15) is 9.18 Å². The predicted molar refractivity (Wildman–Crippen MR) is 131 cm³/mol. The van der Waals surface area contributed by atoms with Crippen LogP contribution in [0, 0.1) is 5.82 Å². The van der Waals surface area contributed by atoms with E-state index in [1.54, 1.807) is 35.0 Å². The molecule has 0 saturated heterocycles. The molecular formula is C27H23FN4O4. The molecule has 0 radical (unpaired) electrons. The van der Waals surface area contributed by atoms with E-state index in [1.165, 1.54) is 26.6 Å². The van der Waals surface area contributed by atoms with E-state index in [4.69, 9.17) is 14.2 Å². The van der Waals surface area contributed by atoms with Crippen LogP contribution in [0.4, 0.5) is 10.3 Å².